The standard InChI is InChI=1S/C12H15N3O/c13-9-2-1-6-15(8-9)11-3-5-14-12-10(11)4-7-16-12/h3-5,7,9H,1-2,6,8,13H2. The maximum Gasteiger partial charge on any atom is 0.227 e. The quantitative estimate of drug-likeness (QED) is 0.790. The van der Waals surface area contributed by atoms with Crippen molar-refractivity contribution in [2.24, 2.45) is 5.73 Å². The van der Waals surface area contributed by atoms with E-state index in [4.69, 9.17) is 10.2 Å². The van der Waals surface area contributed by atoms with Crippen molar-refractivity contribution >= 4 is 16.8 Å². The highest BCUT2D eigenvalue weighted by Gasteiger charge is 2.19. The van der Waals surface area contributed by atoms with Crippen molar-refractivity contribution in [1.29, 1.82) is 0 Å². The molecule has 0 amide bonds. The van der Waals surface area contributed by atoms with Gasteiger partial charge in [-0.1, -0.05) is 0 Å². The normalized spacial score (nSPS) is 21.6. The number of nitrogens with two attached hydrogens (primary N) is 1. The van der Waals surface area contributed by atoms with Gasteiger partial charge < -0.3 is 15.1 Å². The van der Waals surface area contributed by atoms with Crippen molar-refractivity contribution < 1.29 is 4.42 Å². The SMILES string of the molecule is NC1CCCN(c2ccnc3occc23)C1. The highest BCUT2D eigenvalue weighted by molar-refractivity contribution is 5.88. The summed E-state index contributed by atoms with van der Waals surface area (Å²) in [6.07, 6.45) is 5.76. The highest BCUT2D eigenvalue weighted by atomic mass is 16.3. The topological polar surface area (TPSA) is 55.3 Å². The second-order valence-corrected chi connectivity index (χ2v) is 4.32. The monoisotopic (exact) mass is 217 g/mol. The van der Waals surface area contributed by atoms with Crippen molar-refractivity contribution in [1.82, 2.24) is 4.98 Å². The number of fused-ring (bicyclic) bond motifs is 1. The molecule has 1 saturated heterocycles. The van der Waals surface area contributed by atoms with Gasteiger partial charge in [0.15, 0.2) is 0 Å². The Morgan fingerprint density at radius 3 is 3.25 bits per heavy atom. The van der Waals surface area contributed by atoms with Gasteiger partial charge >= 0.3 is 0 Å². The molecule has 4 nitrogen and oxygen atoms in total. The maximum absolute atomic E-state index is 6.00. The molecule has 16 heavy (non-hydrogen) atoms. The van der Waals surface area contributed by atoms with Crippen molar-refractivity contribution in [3.05, 3.63) is 24.6 Å². The second-order valence-electron chi connectivity index (χ2n) is 4.32. The summed E-state index contributed by atoms with van der Waals surface area (Å²) in [6.45, 7) is 1.99. The lowest BCUT2D eigenvalue weighted by Gasteiger charge is -2.32. The number of furan rings is 1. The average molecular weight is 217 g/mol. The van der Waals surface area contributed by atoms with Crippen LogP contribution in [0.5, 0.6) is 0 Å². The molecule has 0 saturated carbocycles. The number of rotatable bonds is 1. The lowest BCUT2D eigenvalue weighted by molar-refractivity contribution is 0.507. The van der Waals surface area contributed by atoms with Crippen LogP contribution in [0.25, 0.3) is 11.1 Å². The second kappa shape index (κ2) is 3.79. The molecule has 2 N–H and O–H groups in total. The Labute approximate surface area is 94.0 Å². The molecule has 84 valence electrons. The van der Waals surface area contributed by atoms with Gasteiger partial charge in [-0.2, -0.15) is 0 Å². The van der Waals surface area contributed by atoms with Crippen molar-refractivity contribution in [3.8, 4) is 0 Å². The summed E-state index contributed by atoms with van der Waals surface area (Å²) in [4.78, 5) is 6.52. The molecule has 0 bridgehead atoms. The molecule has 1 atom stereocenters. The molecular formula is C12H15N3O. The van der Waals surface area contributed by atoms with E-state index >= 15 is 0 Å². The summed E-state index contributed by atoms with van der Waals surface area (Å²) in [7, 11) is 0. The van der Waals surface area contributed by atoms with Gasteiger partial charge in [-0.25, -0.2) is 4.98 Å². The van der Waals surface area contributed by atoms with Gasteiger partial charge in [-0.15, -0.1) is 0 Å². The Hall–Kier alpha value is -1.55. The first-order valence-corrected chi connectivity index (χ1v) is 5.67. The van der Waals surface area contributed by atoms with E-state index in [-0.39, 0.29) is 6.04 Å². The van der Waals surface area contributed by atoms with Gasteiger partial charge in [0.1, 0.15) is 0 Å². The van der Waals surface area contributed by atoms with E-state index in [0.717, 1.165) is 31.3 Å². The van der Waals surface area contributed by atoms with E-state index in [1.807, 2.05) is 12.1 Å². The van der Waals surface area contributed by atoms with E-state index in [2.05, 4.69) is 9.88 Å². The van der Waals surface area contributed by atoms with E-state index in [9.17, 15) is 0 Å². The fourth-order valence-corrected chi connectivity index (χ4v) is 2.37. The minimum absolute atomic E-state index is 0.281. The van der Waals surface area contributed by atoms with Crippen LogP contribution in [0.4, 0.5) is 5.69 Å². The zero-order valence-electron chi connectivity index (χ0n) is 9.10. The Morgan fingerprint density at radius 2 is 2.38 bits per heavy atom. The Kier molecular flexibility index (Phi) is 2.29. The summed E-state index contributed by atoms with van der Waals surface area (Å²) in [5, 5.41) is 1.08. The summed E-state index contributed by atoms with van der Waals surface area (Å²) in [5.74, 6) is 0. The van der Waals surface area contributed by atoms with Crippen LogP contribution >= 0.6 is 0 Å². The molecule has 2 aromatic heterocycles. The van der Waals surface area contributed by atoms with E-state index in [0.29, 0.717) is 5.71 Å². The van der Waals surface area contributed by atoms with E-state index in [1.165, 1.54) is 5.69 Å². The van der Waals surface area contributed by atoms with E-state index in [1.54, 1.807) is 12.5 Å². The highest BCUT2D eigenvalue weighted by Crippen LogP contribution is 2.27. The number of hydrogen-bond acceptors (Lipinski definition) is 4. The van der Waals surface area contributed by atoms with Gasteiger partial charge in [0.2, 0.25) is 5.71 Å². The molecule has 2 aromatic rings. The van der Waals surface area contributed by atoms with Gasteiger partial charge in [0.25, 0.3) is 0 Å². The van der Waals surface area contributed by atoms with Crippen LogP contribution in [-0.4, -0.2) is 24.1 Å². The summed E-state index contributed by atoms with van der Waals surface area (Å²) in [5.41, 5.74) is 7.90. The van der Waals surface area contributed by atoms with Crippen LogP contribution in [0.15, 0.2) is 29.0 Å². The molecule has 1 aliphatic heterocycles. The molecule has 3 heterocycles. The van der Waals surface area contributed by atoms with Crippen LogP contribution in [0.3, 0.4) is 0 Å². The molecule has 0 aromatic carbocycles. The minimum Gasteiger partial charge on any atom is -0.446 e. The third-order valence-electron chi connectivity index (χ3n) is 3.14. The van der Waals surface area contributed by atoms with Gasteiger partial charge in [-0.3, -0.25) is 0 Å². The van der Waals surface area contributed by atoms with Gasteiger partial charge in [0, 0.05) is 25.3 Å². The molecular weight excluding hydrogens is 202 g/mol. The average Bonchev–Trinajstić information content (AvgIpc) is 2.76. The number of pyridine rings is 1. The zero-order valence-corrected chi connectivity index (χ0v) is 9.10. The van der Waals surface area contributed by atoms with Crippen molar-refractivity contribution in [2.45, 2.75) is 18.9 Å². The molecule has 1 unspecified atom stereocenters. The third kappa shape index (κ3) is 1.55. The minimum atomic E-state index is 0.281. The zero-order chi connectivity index (χ0) is 11.0. The lowest BCUT2D eigenvalue weighted by atomic mass is 10.1. The number of nitrogens with zero attached hydrogens (tertiary/aromatic N) is 2. The van der Waals surface area contributed by atoms with Crippen LogP contribution < -0.4 is 10.6 Å². The van der Waals surface area contributed by atoms with Crippen LogP contribution in [0, 0.1) is 0 Å². The fraction of sp³-hybridized carbons (Fsp3) is 0.417. The number of piperidine rings is 1. The third-order valence-corrected chi connectivity index (χ3v) is 3.14. The largest absolute Gasteiger partial charge is 0.446 e. The fourth-order valence-electron chi connectivity index (χ4n) is 2.37. The Balaban J connectivity index is 2.01. The number of aromatic nitrogens is 1. The van der Waals surface area contributed by atoms with Gasteiger partial charge in [0.05, 0.1) is 17.3 Å². The predicted molar refractivity (Wildman–Crippen MR) is 63.4 cm³/mol. The Bertz CT molecular complexity index is 494. The summed E-state index contributed by atoms with van der Waals surface area (Å²) in [6, 6.07) is 4.29. The van der Waals surface area contributed by atoms with Crippen LogP contribution in [0.1, 0.15) is 12.8 Å². The van der Waals surface area contributed by atoms with Crippen LogP contribution in [-0.2, 0) is 0 Å². The van der Waals surface area contributed by atoms with E-state index < -0.39 is 0 Å². The number of anilines is 1. The lowest BCUT2D eigenvalue weighted by Crippen LogP contribution is -2.42. The summed E-state index contributed by atoms with van der Waals surface area (Å²) >= 11 is 0. The molecule has 1 aliphatic rings. The summed E-state index contributed by atoms with van der Waals surface area (Å²) < 4.78 is 5.31. The predicted octanol–water partition coefficient (Wildman–Crippen LogP) is 1.76. The molecule has 0 spiro atoms. The molecule has 0 aliphatic carbocycles. The van der Waals surface area contributed by atoms with Crippen molar-refractivity contribution in [2.75, 3.05) is 18.0 Å². The molecule has 1 fully saturated rings. The molecule has 0 radical (unpaired) electrons. The van der Waals surface area contributed by atoms with Crippen LogP contribution in [0.2, 0.25) is 0 Å². The van der Waals surface area contributed by atoms with Crippen molar-refractivity contribution in [3.63, 3.8) is 0 Å². The molecule has 3 rings (SSSR count). The smallest absolute Gasteiger partial charge is 0.227 e. The first kappa shape index (κ1) is 9.66. The maximum atomic E-state index is 6.00. The van der Waals surface area contributed by atoms with Gasteiger partial charge in [-0.05, 0) is 25.0 Å². The Morgan fingerprint density at radius 1 is 1.44 bits per heavy atom. The first-order valence-electron chi connectivity index (χ1n) is 5.67. The number of hydrogen-bond donors (Lipinski definition) is 1. The molecule has 4 heteroatoms. The first-order chi connectivity index (χ1) is 7.84.